The maximum Gasteiger partial charge on any atom is 0.264 e. The molecule has 12 heteroatoms. The first-order valence-corrected chi connectivity index (χ1v) is 15.7. The Bertz CT molecular complexity index is 1550. The smallest absolute Gasteiger partial charge is 0.264 e. The van der Waals surface area contributed by atoms with Gasteiger partial charge in [0.1, 0.15) is 18.0 Å². The van der Waals surface area contributed by atoms with Gasteiger partial charge in [-0.1, -0.05) is 17.7 Å². The van der Waals surface area contributed by atoms with E-state index in [-0.39, 0.29) is 21.2 Å². The fourth-order valence-electron chi connectivity index (χ4n) is 4.37. The predicted octanol–water partition coefficient (Wildman–Crippen LogP) is 4.02. The standard InChI is InChI=1S/C28H33N3O7S2/c1-4-38-23-11-13-24(14-12-23)40(35,36)31(22-9-7-21(2)8-10-22)20-28(32)29-26-19-25(15-16-27(26)37-3)39(33,34)30-17-5-6-18-30/h7-16,19H,4-6,17-18,20H2,1-3H3,(H,29,32). The van der Waals surface area contributed by atoms with Gasteiger partial charge in [0.05, 0.1) is 34.9 Å². The average molecular weight is 588 g/mol. The maximum absolute atomic E-state index is 13.7. The molecule has 0 atom stereocenters. The monoisotopic (exact) mass is 587 g/mol. The highest BCUT2D eigenvalue weighted by atomic mass is 32.2. The summed E-state index contributed by atoms with van der Waals surface area (Å²) < 4.78 is 66.8. The third kappa shape index (κ3) is 6.40. The molecule has 0 radical (unpaired) electrons. The van der Waals surface area contributed by atoms with E-state index in [9.17, 15) is 21.6 Å². The van der Waals surface area contributed by atoms with Gasteiger partial charge in [0.2, 0.25) is 15.9 Å². The van der Waals surface area contributed by atoms with Crippen LogP contribution in [0.1, 0.15) is 25.3 Å². The molecule has 1 fully saturated rings. The number of rotatable bonds is 11. The Kier molecular flexibility index (Phi) is 9.02. The van der Waals surface area contributed by atoms with Crippen LogP contribution >= 0.6 is 0 Å². The van der Waals surface area contributed by atoms with Crippen molar-refractivity contribution in [3.8, 4) is 11.5 Å². The van der Waals surface area contributed by atoms with E-state index in [1.807, 2.05) is 13.8 Å². The summed E-state index contributed by atoms with van der Waals surface area (Å²) in [7, 11) is -6.51. The number of carbonyl (C=O) groups excluding carboxylic acids is 1. The van der Waals surface area contributed by atoms with E-state index in [2.05, 4.69) is 5.32 Å². The number of sulfonamides is 2. The van der Waals surface area contributed by atoms with Crippen LogP contribution in [0.4, 0.5) is 11.4 Å². The molecule has 1 heterocycles. The van der Waals surface area contributed by atoms with Gasteiger partial charge in [-0.3, -0.25) is 9.10 Å². The van der Waals surface area contributed by atoms with Gasteiger partial charge >= 0.3 is 0 Å². The van der Waals surface area contributed by atoms with Crippen molar-refractivity contribution >= 4 is 37.3 Å². The number of aryl methyl sites for hydroxylation is 1. The molecule has 0 aromatic heterocycles. The van der Waals surface area contributed by atoms with Crippen LogP contribution in [0.2, 0.25) is 0 Å². The predicted molar refractivity (Wildman–Crippen MR) is 153 cm³/mol. The summed E-state index contributed by atoms with van der Waals surface area (Å²) in [5.74, 6) is 0.0889. The zero-order chi connectivity index (χ0) is 28.9. The lowest BCUT2D eigenvalue weighted by Crippen LogP contribution is -2.38. The number of ether oxygens (including phenoxy) is 2. The van der Waals surface area contributed by atoms with Crippen LogP contribution in [0.25, 0.3) is 0 Å². The lowest BCUT2D eigenvalue weighted by atomic mass is 10.2. The summed E-state index contributed by atoms with van der Waals surface area (Å²) in [6.07, 6.45) is 1.58. The Balaban J connectivity index is 1.64. The first-order valence-electron chi connectivity index (χ1n) is 12.9. The number of nitrogens with one attached hydrogen (secondary N) is 1. The number of benzene rings is 3. The molecule has 0 spiro atoms. The Hall–Kier alpha value is -3.61. The number of hydrogen-bond acceptors (Lipinski definition) is 7. The molecule has 1 aliphatic rings. The second kappa shape index (κ2) is 12.3. The number of anilines is 2. The van der Waals surface area contributed by atoms with Gasteiger partial charge in [-0.25, -0.2) is 16.8 Å². The lowest BCUT2D eigenvalue weighted by Gasteiger charge is -2.24. The molecule has 1 saturated heterocycles. The summed E-state index contributed by atoms with van der Waals surface area (Å²) in [4.78, 5) is 13.3. The minimum absolute atomic E-state index is 0.0133. The number of methoxy groups -OCH3 is 1. The Labute approximate surface area is 235 Å². The van der Waals surface area contributed by atoms with E-state index in [0.29, 0.717) is 31.1 Å². The van der Waals surface area contributed by atoms with Crippen LogP contribution in [-0.4, -0.2) is 60.4 Å². The van der Waals surface area contributed by atoms with Crippen LogP contribution in [-0.2, 0) is 24.8 Å². The van der Waals surface area contributed by atoms with E-state index in [4.69, 9.17) is 9.47 Å². The summed E-state index contributed by atoms with van der Waals surface area (Å²) in [5, 5.41) is 2.65. The van der Waals surface area contributed by atoms with Crippen molar-refractivity contribution in [2.45, 2.75) is 36.5 Å². The van der Waals surface area contributed by atoms with E-state index in [1.165, 1.54) is 41.7 Å². The van der Waals surface area contributed by atoms with Gasteiger partial charge < -0.3 is 14.8 Å². The molecular formula is C28H33N3O7S2. The Morgan fingerprint density at radius 3 is 2.15 bits per heavy atom. The van der Waals surface area contributed by atoms with E-state index >= 15 is 0 Å². The highest BCUT2D eigenvalue weighted by Crippen LogP contribution is 2.31. The molecule has 1 N–H and O–H groups in total. The zero-order valence-electron chi connectivity index (χ0n) is 22.7. The lowest BCUT2D eigenvalue weighted by molar-refractivity contribution is -0.114. The first-order chi connectivity index (χ1) is 19.1. The molecule has 10 nitrogen and oxygen atoms in total. The molecule has 3 aromatic carbocycles. The SMILES string of the molecule is CCOc1ccc(S(=O)(=O)N(CC(=O)Nc2cc(S(=O)(=O)N3CCCC3)ccc2OC)c2ccc(C)cc2)cc1. The van der Waals surface area contributed by atoms with E-state index in [1.54, 1.807) is 36.4 Å². The van der Waals surface area contributed by atoms with Crippen LogP contribution in [0, 0.1) is 6.92 Å². The second-order valence-electron chi connectivity index (χ2n) is 9.27. The average Bonchev–Trinajstić information content (AvgIpc) is 3.49. The maximum atomic E-state index is 13.7. The normalized spacial score (nSPS) is 14.1. The molecule has 0 bridgehead atoms. The topological polar surface area (TPSA) is 122 Å². The molecule has 1 amide bonds. The fourth-order valence-corrected chi connectivity index (χ4v) is 7.34. The van der Waals surface area contributed by atoms with Crippen molar-refractivity contribution < 1.29 is 31.1 Å². The minimum Gasteiger partial charge on any atom is -0.495 e. The number of amides is 1. The zero-order valence-corrected chi connectivity index (χ0v) is 24.3. The van der Waals surface area contributed by atoms with Gasteiger partial charge in [0, 0.05) is 13.1 Å². The molecule has 0 aliphatic carbocycles. The highest BCUT2D eigenvalue weighted by molar-refractivity contribution is 7.92. The van der Waals surface area contributed by atoms with Crippen LogP contribution in [0.15, 0.2) is 76.5 Å². The van der Waals surface area contributed by atoms with Crippen molar-refractivity contribution in [2.75, 3.05) is 43.0 Å². The molecule has 4 rings (SSSR count). The molecule has 3 aromatic rings. The number of nitrogens with zero attached hydrogens (tertiary/aromatic N) is 2. The summed E-state index contributed by atoms with van der Waals surface area (Å²) in [5.41, 5.74) is 1.34. The summed E-state index contributed by atoms with van der Waals surface area (Å²) in [6.45, 7) is 4.44. The van der Waals surface area contributed by atoms with E-state index in [0.717, 1.165) is 22.7 Å². The van der Waals surface area contributed by atoms with Gasteiger partial charge in [-0.05, 0) is 81.3 Å². The van der Waals surface area contributed by atoms with Gasteiger partial charge in [0.25, 0.3) is 10.0 Å². The Morgan fingerprint density at radius 1 is 0.925 bits per heavy atom. The minimum atomic E-state index is -4.16. The Morgan fingerprint density at radius 2 is 1.55 bits per heavy atom. The third-order valence-electron chi connectivity index (χ3n) is 6.48. The fraction of sp³-hybridized carbons (Fsp3) is 0.321. The molecular weight excluding hydrogens is 554 g/mol. The molecule has 0 saturated carbocycles. The molecule has 40 heavy (non-hydrogen) atoms. The van der Waals surface area contributed by atoms with Crippen molar-refractivity contribution in [1.82, 2.24) is 4.31 Å². The quantitative estimate of drug-likeness (QED) is 0.360. The summed E-state index contributed by atoms with van der Waals surface area (Å²) >= 11 is 0. The number of carbonyl (C=O) groups is 1. The summed E-state index contributed by atoms with van der Waals surface area (Å²) in [6, 6.07) is 16.9. The molecule has 0 unspecified atom stereocenters. The second-order valence-corrected chi connectivity index (χ2v) is 13.1. The van der Waals surface area contributed by atoms with Gasteiger partial charge in [0.15, 0.2) is 0 Å². The molecule has 214 valence electrons. The number of hydrogen-bond donors (Lipinski definition) is 1. The van der Waals surface area contributed by atoms with Gasteiger partial charge in [-0.2, -0.15) is 4.31 Å². The van der Waals surface area contributed by atoms with Crippen molar-refractivity contribution in [3.05, 3.63) is 72.3 Å². The largest absolute Gasteiger partial charge is 0.495 e. The van der Waals surface area contributed by atoms with Crippen LogP contribution < -0.4 is 19.1 Å². The van der Waals surface area contributed by atoms with Crippen molar-refractivity contribution in [1.29, 1.82) is 0 Å². The molecule has 1 aliphatic heterocycles. The van der Waals surface area contributed by atoms with Crippen molar-refractivity contribution in [2.24, 2.45) is 0 Å². The highest BCUT2D eigenvalue weighted by Gasteiger charge is 2.30. The van der Waals surface area contributed by atoms with Crippen LogP contribution in [0.3, 0.4) is 0 Å². The van der Waals surface area contributed by atoms with E-state index < -0.39 is 32.5 Å². The first kappa shape index (κ1) is 29.4. The third-order valence-corrected chi connectivity index (χ3v) is 10.2. The van der Waals surface area contributed by atoms with Crippen LogP contribution in [0.5, 0.6) is 11.5 Å². The van der Waals surface area contributed by atoms with Gasteiger partial charge in [-0.15, -0.1) is 0 Å². The van der Waals surface area contributed by atoms with Crippen molar-refractivity contribution in [3.63, 3.8) is 0 Å².